The third-order valence-electron chi connectivity index (χ3n) is 3.89. The molecule has 0 atom stereocenters. The molecule has 0 bridgehead atoms. The second-order valence-electron chi connectivity index (χ2n) is 5.57. The van der Waals surface area contributed by atoms with Crippen LogP contribution in [0.4, 0.5) is 0 Å². The van der Waals surface area contributed by atoms with Gasteiger partial charge in [-0.2, -0.15) is 0 Å². The third-order valence-corrected chi connectivity index (χ3v) is 3.89. The molecule has 0 aliphatic rings. The van der Waals surface area contributed by atoms with Crippen LogP contribution < -0.4 is 5.73 Å². The Hall–Kier alpha value is -2.13. The summed E-state index contributed by atoms with van der Waals surface area (Å²) in [7, 11) is 0. The molecule has 108 valence electrons. The molecule has 3 aromatic rings. The molecule has 0 spiro atoms. The first-order valence-corrected chi connectivity index (χ1v) is 7.40. The Morgan fingerprint density at radius 2 is 1.81 bits per heavy atom. The number of nitrogens with zero attached hydrogens (tertiary/aromatic N) is 2. The predicted octanol–water partition coefficient (Wildman–Crippen LogP) is 3.04. The van der Waals surface area contributed by atoms with Crippen molar-refractivity contribution in [2.45, 2.75) is 26.7 Å². The standard InChI is InChI=1S/C18H21N3/c1-13-6-8-15(9-7-13)12-16-17(10-11-19)21-14(2)4-3-5-18(21)20-16/h3-9H,10-12,19H2,1-2H3. The Morgan fingerprint density at radius 3 is 2.52 bits per heavy atom. The maximum Gasteiger partial charge on any atom is 0.137 e. The minimum absolute atomic E-state index is 0.642. The quantitative estimate of drug-likeness (QED) is 0.797. The number of hydrogen-bond donors (Lipinski definition) is 1. The molecular weight excluding hydrogens is 258 g/mol. The third kappa shape index (κ3) is 2.69. The van der Waals surface area contributed by atoms with Crippen molar-refractivity contribution >= 4 is 5.65 Å². The van der Waals surface area contributed by atoms with Gasteiger partial charge >= 0.3 is 0 Å². The van der Waals surface area contributed by atoms with Gasteiger partial charge in [0.25, 0.3) is 0 Å². The molecule has 0 saturated carbocycles. The predicted molar refractivity (Wildman–Crippen MR) is 86.7 cm³/mol. The molecule has 2 heterocycles. The first-order valence-electron chi connectivity index (χ1n) is 7.40. The van der Waals surface area contributed by atoms with Gasteiger partial charge in [-0.05, 0) is 38.1 Å². The highest BCUT2D eigenvalue weighted by Gasteiger charge is 2.13. The van der Waals surface area contributed by atoms with Gasteiger partial charge in [-0.1, -0.05) is 35.9 Å². The number of hydrogen-bond acceptors (Lipinski definition) is 2. The van der Waals surface area contributed by atoms with Gasteiger partial charge in [0.2, 0.25) is 0 Å². The second-order valence-corrected chi connectivity index (χ2v) is 5.57. The van der Waals surface area contributed by atoms with Gasteiger partial charge < -0.3 is 10.1 Å². The van der Waals surface area contributed by atoms with Crippen molar-refractivity contribution in [3.05, 3.63) is 70.7 Å². The number of nitrogens with two attached hydrogens (primary N) is 1. The van der Waals surface area contributed by atoms with Gasteiger partial charge in [-0.15, -0.1) is 0 Å². The Kier molecular flexibility index (Phi) is 3.76. The smallest absolute Gasteiger partial charge is 0.137 e. The summed E-state index contributed by atoms with van der Waals surface area (Å²) in [4.78, 5) is 4.82. The molecule has 3 nitrogen and oxygen atoms in total. The normalized spacial score (nSPS) is 11.2. The lowest BCUT2D eigenvalue weighted by Gasteiger charge is -2.06. The van der Waals surface area contributed by atoms with E-state index in [9.17, 15) is 0 Å². The first-order chi connectivity index (χ1) is 10.2. The lowest BCUT2D eigenvalue weighted by molar-refractivity contribution is 0.869. The van der Waals surface area contributed by atoms with Gasteiger partial charge in [0.15, 0.2) is 0 Å². The molecular formula is C18H21N3. The second kappa shape index (κ2) is 5.70. The molecule has 3 heteroatoms. The van der Waals surface area contributed by atoms with Crippen molar-refractivity contribution in [3.8, 4) is 0 Å². The van der Waals surface area contributed by atoms with Crippen molar-refractivity contribution in [1.82, 2.24) is 9.38 Å². The Labute approximate surface area is 125 Å². The maximum absolute atomic E-state index is 5.80. The van der Waals surface area contributed by atoms with Crippen molar-refractivity contribution in [2.75, 3.05) is 6.54 Å². The Bertz CT molecular complexity index is 754. The first kappa shape index (κ1) is 13.8. The number of fused-ring (bicyclic) bond motifs is 1. The number of benzene rings is 1. The maximum atomic E-state index is 5.80. The molecule has 2 aromatic heterocycles. The van der Waals surface area contributed by atoms with E-state index in [0.29, 0.717) is 6.54 Å². The fourth-order valence-electron chi connectivity index (χ4n) is 2.81. The van der Waals surface area contributed by atoms with E-state index in [0.717, 1.165) is 24.2 Å². The lowest BCUT2D eigenvalue weighted by Crippen LogP contribution is -2.08. The molecule has 0 fully saturated rings. The van der Waals surface area contributed by atoms with E-state index in [1.165, 1.54) is 22.5 Å². The van der Waals surface area contributed by atoms with Gasteiger partial charge in [-0.25, -0.2) is 4.98 Å². The zero-order valence-corrected chi connectivity index (χ0v) is 12.6. The fraction of sp³-hybridized carbons (Fsp3) is 0.278. The molecule has 21 heavy (non-hydrogen) atoms. The Morgan fingerprint density at radius 1 is 1.05 bits per heavy atom. The highest BCUT2D eigenvalue weighted by atomic mass is 15.0. The summed E-state index contributed by atoms with van der Waals surface area (Å²) in [6, 6.07) is 14.9. The van der Waals surface area contributed by atoms with Crippen LogP contribution in [-0.4, -0.2) is 15.9 Å². The van der Waals surface area contributed by atoms with Crippen LogP contribution in [0.2, 0.25) is 0 Å². The molecule has 0 unspecified atom stereocenters. The van der Waals surface area contributed by atoms with Crippen LogP contribution in [0.3, 0.4) is 0 Å². The number of imidazole rings is 1. The molecule has 3 rings (SSSR count). The highest BCUT2D eigenvalue weighted by molar-refractivity contribution is 5.46. The van der Waals surface area contributed by atoms with E-state index in [1.54, 1.807) is 0 Å². The lowest BCUT2D eigenvalue weighted by atomic mass is 10.1. The van der Waals surface area contributed by atoms with Crippen LogP contribution in [0.5, 0.6) is 0 Å². The average Bonchev–Trinajstić information content (AvgIpc) is 2.81. The van der Waals surface area contributed by atoms with Crippen molar-refractivity contribution < 1.29 is 0 Å². The monoisotopic (exact) mass is 279 g/mol. The van der Waals surface area contributed by atoms with E-state index in [-0.39, 0.29) is 0 Å². The van der Waals surface area contributed by atoms with Gasteiger partial charge in [0.05, 0.1) is 5.69 Å². The molecule has 0 saturated heterocycles. The summed E-state index contributed by atoms with van der Waals surface area (Å²) < 4.78 is 2.23. The largest absolute Gasteiger partial charge is 0.330 e. The van der Waals surface area contributed by atoms with Gasteiger partial charge in [0, 0.05) is 24.2 Å². The average molecular weight is 279 g/mol. The summed E-state index contributed by atoms with van der Waals surface area (Å²) in [6.07, 6.45) is 1.71. The van der Waals surface area contributed by atoms with E-state index < -0.39 is 0 Å². The molecule has 0 aliphatic carbocycles. The minimum Gasteiger partial charge on any atom is -0.330 e. The zero-order valence-electron chi connectivity index (χ0n) is 12.6. The molecule has 0 aliphatic heterocycles. The van der Waals surface area contributed by atoms with Crippen LogP contribution in [-0.2, 0) is 12.8 Å². The topological polar surface area (TPSA) is 43.3 Å². The number of aromatic nitrogens is 2. The van der Waals surface area contributed by atoms with Crippen LogP contribution in [0.15, 0.2) is 42.5 Å². The molecule has 0 amide bonds. The van der Waals surface area contributed by atoms with Crippen LogP contribution in [0, 0.1) is 13.8 Å². The Balaban J connectivity index is 2.06. The van der Waals surface area contributed by atoms with Crippen LogP contribution >= 0.6 is 0 Å². The SMILES string of the molecule is Cc1ccc(Cc2nc3cccc(C)n3c2CCN)cc1. The summed E-state index contributed by atoms with van der Waals surface area (Å²) in [5.74, 6) is 0. The zero-order chi connectivity index (χ0) is 14.8. The number of aryl methyl sites for hydroxylation is 2. The van der Waals surface area contributed by atoms with E-state index in [2.05, 4.69) is 60.7 Å². The number of rotatable bonds is 4. The summed E-state index contributed by atoms with van der Waals surface area (Å²) in [5, 5.41) is 0. The van der Waals surface area contributed by atoms with E-state index >= 15 is 0 Å². The minimum atomic E-state index is 0.642. The molecule has 0 radical (unpaired) electrons. The van der Waals surface area contributed by atoms with Gasteiger partial charge in [-0.3, -0.25) is 0 Å². The van der Waals surface area contributed by atoms with E-state index in [1.807, 2.05) is 0 Å². The van der Waals surface area contributed by atoms with E-state index in [4.69, 9.17) is 10.7 Å². The van der Waals surface area contributed by atoms with Gasteiger partial charge in [0.1, 0.15) is 5.65 Å². The molecule has 1 aromatic carbocycles. The summed E-state index contributed by atoms with van der Waals surface area (Å²) >= 11 is 0. The summed E-state index contributed by atoms with van der Waals surface area (Å²) in [6.45, 7) is 4.87. The van der Waals surface area contributed by atoms with Crippen molar-refractivity contribution in [2.24, 2.45) is 5.73 Å². The van der Waals surface area contributed by atoms with Crippen LogP contribution in [0.1, 0.15) is 28.2 Å². The highest BCUT2D eigenvalue weighted by Crippen LogP contribution is 2.19. The fourth-order valence-corrected chi connectivity index (χ4v) is 2.81. The molecule has 2 N–H and O–H groups in total. The van der Waals surface area contributed by atoms with Crippen LogP contribution in [0.25, 0.3) is 5.65 Å². The van der Waals surface area contributed by atoms with Crippen molar-refractivity contribution in [1.29, 1.82) is 0 Å². The number of pyridine rings is 1. The van der Waals surface area contributed by atoms with Crippen molar-refractivity contribution in [3.63, 3.8) is 0 Å². The summed E-state index contributed by atoms with van der Waals surface area (Å²) in [5.41, 5.74) is 13.0.